The quantitative estimate of drug-likeness (QED) is 0.732. The van der Waals surface area contributed by atoms with E-state index < -0.39 is 6.10 Å². The average molecular weight is 341 g/mol. The lowest BCUT2D eigenvalue weighted by Gasteiger charge is -2.30. The number of thiophene rings is 1. The van der Waals surface area contributed by atoms with Crippen LogP contribution in [0.1, 0.15) is 21.7 Å². The molecule has 1 aliphatic heterocycles. The molecule has 3 heterocycles. The van der Waals surface area contributed by atoms with Gasteiger partial charge in [0.25, 0.3) is 11.8 Å². The SMILES string of the molecule is O=C(c1cccs1)N1CCOC(c2nc(-c3ccccc3)no2)C1. The van der Waals surface area contributed by atoms with Crippen LogP contribution in [0.15, 0.2) is 52.4 Å². The van der Waals surface area contributed by atoms with Gasteiger partial charge in [-0.05, 0) is 11.4 Å². The Morgan fingerprint density at radius 1 is 1.21 bits per heavy atom. The fourth-order valence-electron chi connectivity index (χ4n) is 2.61. The maximum absolute atomic E-state index is 12.5. The first-order valence-corrected chi connectivity index (χ1v) is 8.52. The van der Waals surface area contributed by atoms with Crippen LogP contribution in [0, 0.1) is 0 Å². The zero-order chi connectivity index (χ0) is 16.4. The van der Waals surface area contributed by atoms with E-state index in [0.29, 0.717) is 31.4 Å². The smallest absolute Gasteiger partial charge is 0.264 e. The third-order valence-corrected chi connectivity index (χ3v) is 4.69. The second-order valence-corrected chi connectivity index (χ2v) is 6.36. The molecule has 1 fully saturated rings. The number of morpholine rings is 1. The summed E-state index contributed by atoms with van der Waals surface area (Å²) in [5.74, 6) is 0.939. The summed E-state index contributed by atoms with van der Waals surface area (Å²) >= 11 is 1.44. The number of rotatable bonds is 3. The van der Waals surface area contributed by atoms with Crippen LogP contribution in [0.25, 0.3) is 11.4 Å². The highest BCUT2D eigenvalue weighted by Gasteiger charge is 2.30. The molecule has 1 unspecified atom stereocenters. The molecule has 122 valence electrons. The number of amides is 1. The largest absolute Gasteiger partial charge is 0.365 e. The van der Waals surface area contributed by atoms with Crippen LogP contribution in [0.4, 0.5) is 0 Å². The molecule has 0 radical (unpaired) electrons. The van der Waals surface area contributed by atoms with Gasteiger partial charge in [0.2, 0.25) is 5.82 Å². The molecular formula is C17H15N3O3S. The highest BCUT2D eigenvalue weighted by molar-refractivity contribution is 7.12. The molecule has 4 rings (SSSR count). The molecule has 1 aliphatic rings. The van der Waals surface area contributed by atoms with Crippen molar-refractivity contribution in [2.45, 2.75) is 6.10 Å². The summed E-state index contributed by atoms with van der Waals surface area (Å²) in [6.07, 6.45) is -0.396. The van der Waals surface area contributed by atoms with Crippen molar-refractivity contribution in [3.63, 3.8) is 0 Å². The Morgan fingerprint density at radius 3 is 2.88 bits per heavy atom. The third kappa shape index (κ3) is 2.95. The third-order valence-electron chi connectivity index (χ3n) is 3.83. The molecule has 1 atom stereocenters. The number of ether oxygens (including phenoxy) is 1. The number of hydrogen-bond donors (Lipinski definition) is 0. The Kier molecular flexibility index (Phi) is 4.10. The van der Waals surface area contributed by atoms with Gasteiger partial charge < -0.3 is 14.2 Å². The lowest BCUT2D eigenvalue weighted by atomic mass is 10.2. The summed E-state index contributed by atoms with van der Waals surface area (Å²) in [6, 6.07) is 13.3. The summed E-state index contributed by atoms with van der Waals surface area (Å²) in [4.78, 5) is 19.4. The van der Waals surface area contributed by atoms with Crippen LogP contribution in [-0.4, -0.2) is 40.6 Å². The van der Waals surface area contributed by atoms with E-state index in [1.807, 2.05) is 47.8 Å². The Bertz CT molecular complexity index is 817. The van der Waals surface area contributed by atoms with Crippen molar-refractivity contribution in [2.24, 2.45) is 0 Å². The van der Waals surface area contributed by atoms with Gasteiger partial charge in [0, 0.05) is 12.1 Å². The monoisotopic (exact) mass is 341 g/mol. The topological polar surface area (TPSA) is 68.5 Å². The highest BCUT2D eigenvalue weighted by Crippen LogP contribution is 2.25. The van der Waals surface area contributed by atoms with Crippen LogP contribution in [0.5, 0.6) is 0 Å². The van der Waals surface area contributed by atoms with Crippen LogP contribution < -0.4 is 0 Å². The number of nitrogens with zero attached hydrogens (tertiary/aromatic N) is 3. The van der Waals surface area contributed by atoms with E-state index in [4.69, 9.17) is 9.26 Å². The lowest BCUT2D eigenvalue weighted by molar-refractivity contribution is -0.0365. The van der Waals surface area contributed by atoms with E-state index in [1.54, 1.807) is 4.90 Å². The molecule has 0 bridgehead atoms. The second-order valence-electron chi connectivity index (χ2n) is 5.41. The van der Waals surface area contributed by atoms with Gasteiger partial charge in [-0.1, -0.05) is 41.6 Å². The molecule has 1 aromatic carbocycles. The van der Waals surface area contributed by atoms with Crippen LogP contribution in [0.2, 0.25) is 0 Å². The van der Waals surface area contributed by atoms with Gasteiger partial charge in [-0.25, -0.2) is 0 Å². The average Bonchev–Trinajstić information content (AvgIpc) is 3.34. The van der Waals surface area contributed by atoms with E-state index in [2.05, 4.69) is 10.1 Å². The molecule has 6 nitrogen and oxygen atoms in total. The molecule has 24 heavy (non-hydrogen) atoms. The predicted octanol–water partition coefficient (Wildman–Crippen LogP) is 3.01. The van der Waals surface area contributed by atoms with E-state index in [9.17, 15) is 4.79 Å². The first-order valence-electron chi connectivity index (χ1n) is 7.64. The number of carbonyl (C=O) groups excluding carboxylic acids is 1. The summed E-state index contributed by atoms with van der Waals surface area (Å²) in [7, 11) is 0. The van der Waals surface area contributed by atoms with Crippen molar-refractivity contribution in [3.05, 3.63) is 58.6 Å². The van der Waals surface area contributed by atoms with Crippen molar-refractivity contribution in [3.8, 4) is 11.4 Å². The first kappa shape index (κ1) is 15.0. The molecule has 0 saturated carbocycles. The van der Waals surface area contributed by atoms with Gasteiger partial charge in [-0.15, -0.1) is 11.3 Å². The number of aromatic nitrogens is 2. The minimum absolute atomic E-state index is 0.0149. The van der Waals surface area contributed by atoms with Gasteiger partial charge in [0.1, 0.15) is 0 Å². The number of carbonyl (C=O) groups is 1. The molecule has 2 aromatic heterocycles. The number of benzene rings is 1. The lowest BCUT2D eigenvalue weighted by Crippen LogP contribution is -2.42. The van der Waals surface area contributed by atoms with Crippen LogP contribution in [0.3, 0.4) is 0 Å². The van der Waals surface area contributed by atoms with Crippen molar-refractivity contribution >= 4 is 17.2 Å². The fourth-order valence-corrected chi connectivity index (χ4v) is 3.30. The standard InChI is InChI=1S/C17H15N3O3S/c21-17(14-7-4-10-24-14)20-8-9-22-13(11-20)16-18-15(19-23-16)12-5-2-1-3-6-12/h1-7,10,13H,8-9,11H2. The molecule has 0 spiro atoms. The molecular weight excluding hydrogens is 326 g/mol. The van der Waals surface area contributed by atoms with Crippen LogP contribution in [-0.2, 0) is 4.74 Å². The fraction of sp³-hybridized carbons (Fsp3) is 0.235. The minimum atomic E-state index is -0.396. The summed E-state index contributed by atoms with van der Waals surface area (Å²) < 4.78 is 11.1. The second kappa shape index (κ2) is 6.54. The summed E-state index contributed by atoms with van der Waals surface area (Å²) in [5, 5.41) is 5.91. The molecule has 1 saturated heterocycles. The summed E-state index contributed by atoms with van der Waals surface area (Å²) in [6.45, 7) is 1.42. The molecule has 7 heteroatoms. The van der Waals surface area contributed by atoms with Crippen molar-refractivity contribution < 1.29 is 14.1 Å². The van der Waals surface area contributed by atoms with Crippen LogP contribution >= 0.6 is 11.3 Å². The van der Waals surface area contributed by atoms with Crippen molar-refractivity contribution in [1.82, 2.24) is 15.0 Å². The predicted molar refractivity (Wildman–Crippen MR) is 88.6 cm³/mol. The van der Waals surface area contributed by atoms with E-state index in [1.165, 1.54) is 11.3 Å². The van der Waals surface area contributed by atoms with Gasteiger partial charge in [0.05, 0.1) is 18.0 Å². The maximum Gasteiger partial charge on any atom is 0.264 e. The van der Waals surface area contributed by atoms with Crippen molar-refractivity contribution in [1.29, 1.82) is 0 Å². The van der Waals surface area contributed by atoms with E-state index >= 15 is 0 Å². The Labute approximate surface area is 142 Å². The Balaban J connectivity index is 1.50. The zero-order valence-electron chi connectivity index (χ0n) is 12.8. The Hall–Kier alpha value is -2.51. The minimum Gasteiger partial charge on any atom is -0.365 e. The zero-order valence-corrected chi connectivity index (χ0v) is 13.6. The Morgan fingerprint density at radius 2 is 2.08 bits per heavy atom. The van der Waals surface area contributed by atoms with Crippen molar-refractivity contribution in [2.75, 3.05) is 19.7 Å². The number of hydrogen-bond acceptors (Lipinski definition) is 6. The molecule has 0 N–H and O–H groups in total. The van der Waals surface area contributed by atoms with Gasteiger partial charge >= 0.3 is 0 Å². The van der Waals surface area contributed by atoms with E-state index in [-0.39, 0.29) is 5.91 Å². The summed E-state index contributed by atoms with van der Waals surface area (Å²) in [5.41, 5.74) is 0.884. The van der Waals surface area contributed by atoms with Gasteiger partial charge in [-0.3, -0.25) is 4.79 Å². The van der Waals surface area contributed by atoms with E-state index in [0.717, 1.165) is 10.4 Å². The highest BCUT2D eigenvalue weighted by atomic mass is 32.1. The maximum atomic E-state index is 12.5. The first-order chi connectivity index (χ1) is 11.8. The normalized spacial score (nSPS) is 17.8. The molecule has 3 aromatic rings. The molecule has 1 amide bonds. The van der Waals surface area contributed by atoms with Gasteiger partial charge in [0.15, 0.2) is 6.10 Å². The van der Waals surface area contributed by atoms with Gasteiger partial charge in [-0.2, -0.15) is 4.98 Å². The molecule has 0 aliphatic carbocycles.